The van der Waals surface area contributed by atoms with Gasteiger partial charge in [0.15, 0.2) is 6.80 Å². The first-order valence-corrected chi connectivity index (χ1v) is 8.94. The molecule has 1 aliphatic rings. The Morgan fingerprint density at radius 2 is 2.17 bits per heavy atom. The summed E-state index contributed by atoms with van der Waals surface area (Å²) in [5, 5.41) is 2.59. The van der Waals surface area contributed by atoms with E-state index in [1.54, 1.807) is 0 Å². The largest absolute Gasteiger partial charge is 0.371 e. The summed E-state index contributed by atoms with van der Waals surface area (Å²) in [6, 6.07) is 4.63. The maximum atomic E-state index is 14.2. The Morgan fingerprint density at radius 3 is 2.83 bits per heavy atom. The molecule has 0 saturated heterocycles. The van der Waals surface area contributed by atoms with Crippen molar-refractivity contribution >= 4 is 17.6 Å². The SMILES string of the molecule is Cc1cc(C(F)F)cnc1C(=O)Nc1ccc(F)c([C@H]2C[C@H]2NO/C(N)=N\CF)c1. The van der Waals surface area contributed by atoms with Gasteiger partial charge in [-0.3, -0.25) is 9.78 Å². The molecule has 1 aliphatic carbocycles. The van der Waals surface area contributed by atoms with Crippen molar-refractivity contribution in [3.05, 3.63) is 58.7 Å². The number of nitrogens with zero attached hydrogens (tertiary/aromatic N) is 2. The van der Waals surface area contributed by atoms with Crippen molar-refractivity contribution in [2.75, 3.05) is 12.1 Å². The highest BCUT2D eigenvalue weighted by Crippen LogP contribution is 2.42. The first-order chi connectivity index (χ1) is 14.3. The first kappa shape index (κ1) is 21.5. The van der Waals surface area contributed by atoms with Gasteiger partial charge in [0.2, 0.25) is 0 Å². The summed E-state index contributed by atoms with van der Waals surface area (Å²) >= 11 is 0. The van der Waals surface area contributed by atoms with Crippen molar-refractivity contribution < 1.29 is 27.2 Å². The zero-order valence-corrected chi connectivity index (χ0v) is 15.8. The Kier molecular flexibility index (Phi) is 6.50. The van der Waals surface area contributed by atoms with Crippen molar-refractivity contribution in [2.24, 2.45) is 10.7 Å². The molecular formula is C19H19F4N5O2. The molecule has 7 nitrogen and oxygen atoms in total. The number of halogens is 4. The van der Waals surface area contributed by atoms with Gasteiger partial charge >= 0.3 is 6.02 Å². The van der Waals surface area contributed by atoms with Crippen LogP contribution in [0.25, 0.3) is 0 Å². The molecule has 0 spiro atoms. The maximum absolute atomic E-state index is 14.2. The maximum Gasteiger partial charge on any atom is 0.304 e. The van der Waals surface area contributed by atoms with E-state index in [-0.39, 0.29) is 29.2 Å². The number of hydrogen-bond acceptors (Lipinski definition) is 5. The average molecular weight is 425 g/mol. The Balaban J connectivity index is 1.67. The number of anilines is 1. The molecule has 4 N–H and O–H groups in total. The zero-order valence-electron chi connectivity index (χ0n) is 15.8. The summed E-state index contributed by atoms with van der Waals surface area (Å²) in [7, 11) is 0. The van der Waals surface area contributed by atoms with Crippen molar-refractivity contribution in [2.45, 2.75) is 31.7 Å². The molecular weight excluding hydrogens is 406 g/mol. The highest BCUT2D eigenvalue weighted by molar-refractivity contribution is 6.03. The molecule has 3 rings (SSSR count). The van der Waals surface area contributed by atoms with Gasteiger partial charge < -0.3 is 15.9 Å². The number of hydrogen-bond donors (Lipinski definition) is 3. The van der Waals surface area contributed by atoms with Crippen molar-refractivity contribution in [1.29, 1.82) is 0 Å². The molecule has 1 aromatic carbocycles. The molecule has 11 heteroatoms. The first-order valence-electron chi connectivity index (χ1n) is 8.94. The Bertz CT molecular complexity index is 970. The third-order valence-electron chi connectivity index (χ3n) is 4.54. The van der Waals surface area contributed by atoms with Gasteiger partial charge in [-0.15, -0.1) is 5.48 Å². The molecule has 1 saturated carbocycles. The summed E-state index contributed by atoms with van der Waals surface area (Å²) < 4.78 is 51.7. The molecule has 0 radical (unpaired) electrons. The number of nitrogens with two attached hydrogens (primary N) is 1. The van der Waals surface area contributed by atoms with Crippen LogP contribution in [0.1, 0.15) is 45.9 Å². The number of amidine groups is 1. The molecule has 2 atom stereocenters. The van der Waals surface area contributed by atoms with Crippen LogP contribution in [0.2, 0.25) is 0 Å². The lowest BCUT2D eigenvalue weighted by Gasteiger charge is -2.11. The van der Waals surface area contributed by atoms with Crippen molar-refractivity contribution in [3.8, 4) is 0 Å². The fourth-order valence-electron chi connectivity index (χ4n) is 2.95. The number of aromatic nitrogens is 1. The van der Waals surface area contributed by atoms with E-state index in [4.69, 9.17) is 10.6 Å². The number of alkyl halides is 3. The Hall–Kier alpha value is -3.21. The van der Waals surface area contributed by atoms with Gasteiger partial charge in [0.1, 0.15) is 11.5 Å². The summed E-state index contributed by atoms with van der Waals surface area (Å²) in [5.41, 5.74) is 8.55. The lowest BCUT2D eigenvalue weighted by atomic mass is 10.1. The van der Waals surface area contributed by atoms with E-state index in [0.717, 1.165) is 6.20 Å². The second-order valence-electron chi connectivity index (χ2n) is 6.71. The van der Waals surface area contributed by atoms with Crippen LogP contribution < -0.4 is 16.5 Å². The molecule has 0 aliphatic heterocycles. The van der Waals surface area contributed by atoms with Crippen molar-refractivity contribution in [3.63, 3.8) is 0 Å². The molecule has 1 fully saturated rings. The van der Waals surface area contributed by atoms with Gasteiger partial charge in [-0.1, -0.05) is 0 Å². The van der Waals surface area contributed by atoms with E-state index in [1.165, 1.54) is 31.2 Å². The lowest BCUT2D eigenvalue weighted by Crippen LogP contribution is -2.28. The van der Waals surface area contributed by atoms with Crippen LogP contribution in [0.5, 0.6) is 0 Å². The smallest absolute Gasteiger partial charge is 0.304 e. The standard InChI is InChI=1S/C19H19F4N5O2/c1-9-4-10(17(22)23)7-25-16(9)18(29)27-11-2-3-14(21)12(5-11)13-6-15(13)28-30-19(24)26-8-20/h2-5,7,13,15,17,28H,6,8H2,1H3,(H2,24,26)(H,27,29)/t13-,15-/m1/s1. The summed E-state index contributed by atoms with van der Waals surface area (Å²) in [4.78, 5) is 24.4. The number of nitrogens with one attached hydrogen (secondary N) is 2. The topological polar surface area (TPSA) is 102 Å². The van der Waals surface area contributed by atoms with Gasteiger partial charge in [0.25, 0.3) is 12.3 Å². The highest BCUT2D eigenvalue weighted by Gasteiger charge is 2.41. The number of rotatable bonds is 7. The number of aryl methyl sites for hydroxylation is 1. The molecule has 1 aromatic heterocycles. The minimum Gasteiger partial charge on any atom is -0.371 e. The van der Waals surface area contributed by atoms with Crippen LogP contribution in [-0.2, 0) is 4.84 Å². The average Bonchev–Trinajstić information content (AvgIpc) is 3.47. The fraction of sp³-hybridized carbons (Fsp3) is 0.316. The van der Waals surface area contributed by atoms with E-state index in [1.807, 2.05) is 0 Å². The predicted molar refractivity (Wildman–Crippen MR) is 101 cm³/mol. The number of benzene rings is 1. The second-order valence-corrected chi connectivity index (χ2v) is 6.71. The number of aliphatic imine (C=N–C) groups is 1. The summed E-state index contributed by atoms with van der Waals surface area (Å²) in [6.45, 7) is 0.486. The minimum atomic E-state index is -2.68. The molecule has 1 amide bonds. The molecule has 0 bridgehead atoms. The summed E-state index contributed by atoms with van der Waals surface area (Å²) in [5.74, 6) is -1.32. The van der Waals surface area contributed by atoms with E-state index >= 15 is 0 Å². The van der Waals surface area contributed by atoms with Gasteiger partial charge in [0, 0.05) is 23.4 Å². The van der Waals surface area contributed by atoms with Gasteiger partial charge in [-0.2, -0.15) is 0 Å². The Morgan fingerprint density at radius 1 is 1.40 bits per heavy atom. The zero-order chi connectivity index (χ0) is 21.8. The van der Waals surface area contributed by atoms with Gasteiger partial charge in [-0.05, 0) is 48.7 Å². The highest BCUT2D eigenvalue weighted by atomic mass is 19.3. The third kappa shape index (κ3) is 5.03. The van der Waals surface area contributed by atoms with Crippen LogP contribution in [-0.4, -0.2) is 29.8 Å². The molecule has 0 unspecified atom stereocenters. The molecule has 30 heavy (non-hydrogen) atoms. The molecule has 2 aromatic rings. The lowest BCUT2D eigenvalue weighted by molar-refractivity contribution is 0.102. The monoisotopic (exact) mass is 425 g/mol. The number of carbonyl (C=O) groups excluding carboxylic acids is 1. The van der Waals surface area contributed by atoms with Crippen molar-refractivity contribution in [1.82, 2.24) is 10.5 Å². The number of carbonyl (C=O) groups is 1. The van der Waals surface area contributed by atoms with E-state index in [2.05, 4.69) is 20.8 Å². The van der Waals surface area contributed by atoms with E-state index in [9.17, 15) is 22.4 Å². The second kappa shape index (κ2) is 9.08. The van der Waals surface area contributed by atoms with Crippen LogP contribution >= 0.6 is 0 Å². The Labute approximate surface area is 169 Å². The molecule has 160 valence electrons. The third-order valence-corrected chi connectivity index (χ3v) is 4.54. The summed E-state index contributed by atoms with van der Waals surface area (Å²) in [6.07, 6.45) is -1.20. The van der Waals surface area contributed by atoms with E-state index in [0.29, 0.717) is 23.2 Å². The van der Waals surface area contributed by atoms with Crippen LogP contribution in [0.15, 0.2) is 35.5 Å². The van der Waals surface area contributed by atoms with Gasteiger partial charge in [-0.25, -0.2) is 22.6 Å². The number of hydroxylamine groups is 1. The van der Waals surface area contributed by atoms with Crippen LogP contribution in [0.3, 0.4) is 0 Å². The van der Waals surface area contributed by atoms with Crippen LogP contribution in [0.4, 0.5) is 23.2 Å². The predicted octanol–water partition coefficient (Wildman–Crippen LogP) is 3.34. The van der Waals surface area contributed by atoms with E-state index < -0.39 is 24.9 Å². The number of amides is 1. The fourth-order valence-corrected chi connectivity index (χ4v) is 2.95. The molecule has 1 heterocycles. The number of pyridine rings is 1. The van der Waals surface area contributed by atoms with Crippen LogP contribution in [0, 0.1) is 12.7 Å². The minimum absolute atomic E-state index is 0.00716. The van der Waals surface area contributed by atoms with Gasteiger partial charge in [0.05, 0.1) is 6.04 Å². The normalized spacial score (nSPS) is 18.4. The quantitative estimate of drug-likeness (QED) is 0.208.